The molecule has 10 heavy (non-hydrogen) atoms. The van der Waals surface area contributed by atoms with Gasteiger partial charge < -0.3 is 32.9 Å². The molecule has 0 rings (SSSR count). The molecule has 0 saturated carbocycles. The summed E-state index contributed by atoms with van der Waals surface area (Å²) in [4.78, 5) is 0. The van der Waals surface area contributed by atoms with Gasteiger partial charge in [0.05, 0.1) is 0 Å². The molecule has 0 atom stereocenters. The van der Waals surface area contributed by atoms with E-state index < -0.39 is 0 Å². The van der Waals surface area contributed by atoms with E-state index in [2.05, 4.69) is 0 Å². The van der Waals surface area contributed by atoms with Crippen molar-refractivity contribution in [3.05, 3.63) is 0 Å². The first-order valence-electron chi connectivity index (χ1n) is 0. The van der Waals surface area contributed by atoms with Gasteiger partial charge in [0.1, 0.15) is 0 Å². The molecular formula is H14Cl2CoNiO6. The van der Waals surface area contributed by atoms with Crippen LogP contribution in [-0.4, -0.2) is 32.9 Å². The quantitative estimate of drug-likeness (QED) is 0.393. The van der Waals surface area contributed by atoms with E-state index in [0.717, 1.165) is 0 Å². The molecular weight excluding hydrogens is 285 g/mol. The molecule has 0 aromatic carbocycles. The molecule has 0 heterocycles. The van der Waals surface area contributed by atoms with Crippen molar-refractivity contribution in [2.75, 3.05) is 0 Å². The Labute approximate surface area is 90.9 Å². The van der Waals surface area contributed by atoms with E-state index in [1.807, 2.05) is 0 Å². The van der Waals surface area contributed by atoms with E-state index >= 15 is 0 Å². The second kappa shape index (κ2) is 502. The Morgan fingerprint density at radius 2 is 0.400 bits per heavy atom. The zero-order valence-corrected chi connectivity index (χ0v) is 8.13. The van der Waals surface area contributed by atoms with Gasteiger partial charge in [0.15, 0.2) is 0 Å². The summed E-state index contributed by atoms with van der Waals surface area (Å²) in [6, 6.07) is 0. The summed E-state index contributed by atoms with van der Waals surface area (Å²) < 4.78 is 0. The second-order valence-corrected chi connectivity index (χ2v) is 0. The molecule has 0 aliphatic heterocycles. The van der Waals surface area contributed by atoms with Crippen LogP contribution in [0.2, 0.25) is 0 Å². The Balaban J connectivity index is 0. The van der Waals surface area contributed by atoms with E-state index in [1.54, 1.807) is 0 Å². The topological polar surface area (TPSA) is 189 Å². The summed E-state index contributed by atoms with van der Waals surface area (Å²) in [5.74, 6) is 0. The fourth-order valence-corrected chi connectivity index (χ4v) is 0. The summed E-state index contributed by atoms with van der Waals surface area (Å²) >= 11 is 0. The number of rotatable bonds is 0. The fraction of sp³-hybridized carbons (Fsp3) is 0. The average molecular weight is 299 g/mol. The molecule has 0 amide bonds. The molecule has 12 N–H and O–H groups in total. The van der Waals surface area contributed by atoms with Crippen LogP contribution in [0, 0.1) is 0 Å². The van der Waals surface area contributed by atoms with Gasteiger partial charge in [0.2, 0.25) is 0 Å². The van der Waals surface area contributed by atoms with Crippen molar-refractivity contribution in [3.8, 4) is 0 Å². The van der Waals surface area contributed by atoms with Crippen LogP contribution in [0.1, 0.15) is 0 Å². The van der Waals surface area contributed by atoms with Crippen molar-refractivity contribution in [2.24, 2.45) is 0 Å². The number of hydrogen-bond donors (Lipinski definition) is 0. The molecule has 0 aromatic heterocycles. The van der Waals surface area contributed by atoms with Crippen LogP contribution in [0.5, 0.6) is 0 Å². The summed E-state index contributed by atoms with van der Waals surface area (Å²) in [6.45, 7) is 0. The van der Waals surface area contributed by atoms with Crippen LogP contribution >= 0.6 is 24.8 Å². The van der Waals surface area contributed by atoms with E-state index in [1.165, 1.54) is 0 Å². The normalized spacial score (nSPS) is 0. The van der Waals surface area contributed by atoms with Crippen LogP contribution in [0.15, 0.2) is 0 Å². The largest absolute Gasteiger partial charge is 0.412 e. The maximum Gasteiger partial charge on any atom is 0 e. The molecule has 0 unspecified atom stereocenters. The van der Waals surface area contributed by atoms with Gasteiger partial charge in [0, 0.05) is 33.3 Å². The molecule has 0 aliphatic carbocycles. The van der Waals surface area contributed by atoms with Crippen molar-refractivity contribution >= 4 is 24.8 Å². The molecule has 0 aliphatic rings. The zero-order chi connectivity index (χ0) is 0. The van der Waals surface area contributed by atoms with Gasteiger partial charge >= 0.3 is 0 Å². The SMILES string of the molecule is Cl.Cl.O.O.O.O.O.O.[Co].[Ni]. The Hall–Kier alpha value is 1.34. The molecule has 83 valence electrons. The van der Waals surface area contributed by atoms with Gasteiger partial charge in [-0.1, -0.05) is 0 Å². The monoisotopic (exact) mass is 297 g/mol. The summed E-state index contributed by atoms with van der Waals surface area (Å²) in [6.07, 6.45) is 0. The number of hydrogen-bond acceptors (Lipinski definition) is 0. The van der Waals surface area contributed by atoms with Crippen molar-refractivity contribution in [2.45, 2.75) is 0 Å². The average Bonchev–Trinajstić information content (AvgIpc) is 0. The smallest absolute Gasteiger partial charge is 0 e. The Morgan fingerprint density at radius 3 is 0.400 bits per heavy atom. The maximum atomic E-state index is 0. The van der Waals surface area contributed by atoms with Gasteiger partial charge in [-0.3, -0.25) is 0 Å². The van der Waals surface area contributed by atoms with Gasteiger partial charge in [-0.15, -0.1) is 24.8 Å². The molecule has 6 nitrogen and oxygen atoms in total. The predicted molar refractivity (Wildman–Crippen MR) is 36.2 cm³/mol. The first kappa shape index (κ1) is 675. The zero-order valence-electron chi connectivity index (χ0n) is 4.47. The Bertz CT molecular complexity index is 15.7. The van der Waals surface area contributed by atoms with Crippen molar-refractivity contribution < 1.29 is 66.1 Å². The van der Waals surface area contributed by atoms with Crippen LogP contribution in [0.25, 0.3) is 0 Å². The minimum absolute atomic E-state index is 0. The predicted octanol–water partition coefficient (Wildman–Crippen LogP) is -4.11. The fourth-order valence-electron chi connectivity index (χ4n) is 0. The minimum Gasteiger partial charge on any atom is -0.412 e. The summed E-state index contributed by atoms with van der Waals surface area (Å²) in [5, 5.41) is 0. The summed E-state index contributed by atoms with van der Waals surface area (Å²) in [7, 11) is 0. The van der Waals surface area contributed by atoms with Crippen molar-refractivity contribution in [3.63, 3.8) is 0 Å². The van der Waals surface area contributed by atoms with Crippen LogP contribution < -0.4 is 0 Å². The number of halogens is 2. The van der Waals surface area contributed by atoms with Crippen LogP contribution in [0.3, 0.4) is 0 Å². The molecule has 0 fully saturated rings. The first-order valence-corrected chi connectivity index (χ1v) is 0. The van der Waals surface area contributed by atoms with E-state index in [0.29, 0.717) is 0 Å². The van der Waals surface area contributed by atoms with Gasteiger partial charge in [-0.05, 0) is 0 Å². The van der Waals surface area contributed by atoms with Gasteiger partial charge in [-0.25, -0.2) is 0 Å². The molecule has 0 bridgehead atoms. The second-order valence-electron chi connectivity index (χ2n) is 0. The van der Waals surface area contributed by atoms with Crippen LogP contribution in [-0.2, 0) is 33.3 Å². The molecule has 0 aromatic rings. The standard InChI is InChI=1S/2ClH.Co.Ni.6H2O/h2*1H;;;6*1H2. The molecule has 10 heteroatoms. The Morgan fingerprint density at radius 1 is 0.400 bits per heavy atom. The van der Waals surface area contributed by atoms with E-state index in [-0.39, 0.29) is 90.9 Å². The molecule has 0 saturated heterocycles. The van der Waals surface area contributed by atoms with E-state index in [9.17, 15) is 0 Å². The van der Waals surface area contributed by atoms with Gasteiger partial charge in [0.25, 0.3) is 0 Å². The maximum absolute atomic E-state index is 0. The third-order valence-electron chi connectivity index (χ3n) is 0. The first-order chi connectivity index (χ1) is 0. The summed E-state index contributed by atoms with van der Waals surface area (Å²) in [5.41, 5.74) is 0. The van der Waals surface area contributed by atoms with Crippen molar-refractivity contribution in [1.29, 1.82) is 0 Å². The van der Waals surface area contributed by atoms with Crippen LogP contribution in [0.4, 0.5) is 0 Å². The third kappa shape index (κ3) is 362. The van der Waals surface area contributed by atoms with Crippen molar-refractivity contribution in [1.82, 2.24) is 0 Å². The Kier molecular flexibility index (Phi) is 33900. The van der Waals surface area contributed by atoms with E-state index in [4.69, 9.17) is 0 Å². The minimum atomic E-state index is 0. The molecule has 1 radical (unpaired) electrons. The van der Waals surface area contributed by atoms with Gasteiger partial charge in [-0.2, -0.15) is 0 Å². The molecule has 0 spiro atoms. The third-order valence-corrected chi connectivity index (χ3v) is 0.